The molecule has 0 saturated carbocycles. The molecule has 3 aromatic rings. The minimum atomic E-state index is -0.437. The van der Waals surface area contributed by atoms with E-state index in [4.69, 9.17) is 13.9 Å². The average molecular weight is 449 g/mol. The number of carbonyl (C=O) groups excluding carboxylic acids is 1. The Balaban J connectivity index is 2.06. The average Bonchev–Trinajstić information content (AvgIpc) is 2.99. The number of ether oxygens (including phenoxy) is 2. The van der Waals surface area contributed by atoms with Crippen molar-refractivity contribution in [3.05, 3.63) is 63.6 Å². The quantitative estimate of drug-likeness (QED) is 0.424. The van der Waals surface area contributed by atoms with Crippen molar-refractivity contribution in [2.75, 3.05) is 6.61 Å². The second kappa shape index (κ2) is 7.95. The number of halogens is 2. The third-order valence-electron chi connectivity index (χ3n) is 4.24. The number of rotatable bonds is 5. The third-order valence-corrected chi connectivity index (χ3v) is 4.86. The Labute approximate surface area is 171 Å². The molecule has 0 N–H and O–H groups in total. The fourth-order valence-corrected chi connectivity index (χ4v) is 3.35. The minimum Gasteiger partial charge on any atom is -0.488 e. The first-order valence-corrected chi connectivity index (χ1v) is 9.81. The number of esters is 1. The highest BCUT2D eigenvalue weighted by molar-refractivity contribution is 9.10. The summed E-state index contributed by atoms with van der Waals surface area (Å²) < 4.78 is 31.6. The Kier molecular flexibility index (Phi) is 5.79. The number of hydrogen-bond acceptors (Lipinski definition) is 4. The second-order valence-corrected chi connectivity index (χ2v) is 8.29. The molecule has 148 valence electrons. The van der Waals surface area contributed by atoms with Gasteiger partial charge in [-0.2, -0.15) is 0 Å². The number of fused-ring (bicyclic) bond motifs is 1. The zero-order valence-corrected chi connectivity index (χ0v) is 17.9. The van der Waals surface area contributed by atoms with Crippen molar-refractivity contribution in [1.82, 2.24) is 0 Å². The smallest absolute Gasteiger partial charge is 0.342 e. The van der Waals surface area contributed by atoms with Gasteiger partial charge in [0.1, 0.15) is 35.1 Å². The summed E-state index contributed by atoms with van der Waals surface area (Å²) >= 11 is 3.47. The van der Waals surface area contributed by atoms with Crippen molar-refractivity contribution in [2.45, 2.75) is 39.7 Å². The van der Waals surface area contributed by atoms with E-state index in [-0.39, 0.29) is 24.4 Å². The van der Waals surface area contributed by atoms with E-state index < -0.39 is 5.97 Å². The number of benzene rings is 2. The largest absolute Gasteiger partial charge is 0.488 e. The number of hydrogen-bond donors (Lipinski definition) is 0. The number of carbonyl (C=O) groups is 1. The highest BCUT2D eigenvalue weighted by atomic mass is 79.9. The molecule has 0 saturated heterocycles. The van der Waals surface area contributed by atoms with Crippen LogP contribution in [0.15, 0.2) is 45.3 Å². The molecule has 0 aliphatic carbocycles. The predicted molar refractivity (Wildman–Crippen MR) is 109 cm³/mol. The van der Waals surface area contributed by atoms with E-state index in [1.807, 2.05) is 20.8 Å². The van der Waals surface area contributed by atoms with E-state index in [9.17, 15) is 9.18 Å². The SMILES string of the molecule is CCOC(=O)c1c(C(C)(C)C)oc2cc(Br)c(OCc3ccccc3F)cc12. The van der Waals surface area contributed by atoms with Crippen molar-refractivity contribution < 1.29 is 23.1 Å². The topological polar surface area (TPSA) is 48.7 Å². The molecule has 0 spiro atoms. The third kappa shape index (κ3) is 4.07. The summed E-state index contributed by atoms with van der Waals surface area (Å²) in [6.45, 7) is 8.00. The van der Waals surface area contributed by atoms with Crippen LogP contribution in [0.2, 0.25) is 0 Å². The van der Waals surface area contributed by atoms with Crippen molar-refractivity contribution in [1.29, 1.82) is 0 Å². The van der Waals surface area contributed by atoms with Gasteiger partial charge in [0.05, 0.1) is 11.1 Å². The first kappa shape index (κ1) is 20.4. The van der Waals surface area contributed by atoms with Crippen LogP contribution < -0.4 is 4.74 Å². The Hall–Kier alpha value is -2.34. The van der Waals surface area contributed by atoms with Crippen LogP contribution in [0.5, 0.6) is 5.75 Å². The Morgan fingerprint density at radius 1 is 1.21 bits per heavy atom. The molecule has 0 unspecified atom stereocenters. The van der Waals surface area contributed by atoms with Gasteiger partial charge >= 0.3 is 5.97 Å². The van der Waals surface area contributed by atoms with Gasteiger partial charge in [0.25, 0.3) is 0 Å². The van der Waals surface area contributed by atoms with Gasteiger partial charge in [0, 0.05) is 16.4 Å². The summed E-state index contributed by atoms with van der Waals surface area (Å²) in [6.07, 6.45) is 0. The van der Waals surface area contributed by atoms with Gasteiger partial charge in [0.2, 0.25) is 0 Å². The maximum atomic E-state index is 13.9. The van der Waals surface area contributed by atoms with Gasteiger partial charge in [-0.05, 0) is 41.1 Å². The first-order valence-electron chi connectivity index (χ1n) is 9.02. The van der Waals surface area contributed by atoms with E-state index in [1.54, 1.807) is 37.3 Å². The summed E-state index contributed by atoms with van der Waals surface area (Å²) in [6, 6.07) is 9.93. The zero-order valence-electron chi connectivity index (χ0n) is 16.3. The molecule has 0 bridgehead atoms. The monoisotopic (exact) mass is 448 g/mol. The van der Waals surface area contributed by atoms with E-state index in [2.05, 4.69) is 15.9 Å². The standard InChI is InChI=1S/C22H22BrFO4/c1-5-26-21(25)19-14-10-18(27-12-13-8-6-7-9-16(13)24)15(23)11-17(14)28-20(19)22(2,3)4/h6-11H,5,12H2,1-4H3. The molecule has 6 heteroatoms. The van der Waals surface area contributed by atoms with Crippen LogP contribution in [-0.2, 0) is 16.8 Å². The summed E-state index contributed by atoms with van der Waals surface area (Å²) in [5.74, 6) is 0.278. The van der Waals surface area contributed by atoms with Gasteiger partial charge in [-0.15, -0.1) is 0 Å². The fraction of sp³-hybridized carbons (Fsp3) is 0.318. The molecule has 1 aromatic heterocycles. The summed E-state index contributed by atoms with van der Waals surface area (Å²) in [7, 11) is 0. The molecule has 0 aliphatic heterocycles. The maximum absolute atomic E-state index is 13.9. The predicted octanol–water partition coefficient (Wildman–Crippen LogP) is 6.39. The molecule has 28 heavy (non-hydrogen) atoms. The summed E-state index contributed by atoms with van der Waals surface area (Å²) in [4.78, 5) is 12.6. The molecule has 1 heterocycles. The summed E-state index contributed by atoms with van der Waals surface area (Å²) in [5, 5.41) is 0.607. The molecule has 2 aromatic carbocycles. The highest BCUT2D eigenvalue weighted by Gasteiger charge is 2.30. The van der Waals surface area contributed by atoms with Crippen molar-refractivity contribution in [2.24, 2.45) is 0 Å². The van der Waals surface area contributed by atoms with Crippen LogP contribution in [-0.4, -0.2) is 12.6 Å². The lowest BCUT2D eigenvalue weighted by molar-refractivity contribution is 0.0523. The first-order chi connectivity index (χ1) is 13.2. The van der Waals surface area contributed by atoms with Gasteiger partial charge < -0.3 is 13.9 Å². The lowest BCUT2D eigenvalue weighted by atomic mass is 9.89. The van der Waals surface area contributed by atoms with Crippen LogP contribution in [0.3, 0.4) is 0 Å². The van der Waals surface area contributed by atoms with E-state index >= 15 is 0 Å². The molecule has 0 aliphatic rings. The number of furan rings is 1. The normalized spacial score (nSPS) is 11.6. The van der Waals surface area contributed by atoms with Crippen LogP contribution in [0.4, 0.5) is 4.39 Å². The molecule has 0 radical (unpaired) electrons. The van der Waals surface area contributed by atoms with Crippen LogP contribution in [0, 0.1) is 5.82 Å². The van der Waals surface area contributed by atoms with E-state index in [0.717, 1.165) is 0 Å². The van der Waals surface area contributed by atoms with Gasteiger partial charge in [0.15, 0.2) is 0 Å². The zero-order chi connectivity index (χ0) is 20.5. The molecule has 0 fully saturated rings. The van der Waals surface area contributed by atoms with Gasteiger partial charge in [-0.1, -0.05) is 39.0 Å². The van der Waals surface area contributed by atoms with Crippen LogP contribution >= 0.6 is 15.9 Å². The van der Waals surface area contributed by atoms with Crippen LogP contribution in [0.1, 0.15) is 49.4 Å². The van der Waals surface area contributed by atoms with Crippen LogP contribution in [0.25, 0.3) is 11.0 Å². The molecule has 3 rings (SSSR count). The van der Waals surface area contributed by atoms with Crippen molar-refractivity contribution >= 4 is 32.9 Å². The molecular formula is C22H22BrFO4. The van der Waals surface area contributed by atoms with Gasteiger partial charge in [-0.25, -0.2) is 9.18 Å². The molecule has 0 amide bonds. The molecular weight excluding hydrogens is 427 g/mol. The van der Waals surface area contributed by atoms with Crippen molar-refractivity contribution in [3.8, 4) is 5.75 Å². The minimum absolute atomic E-state index is 0.0650. The maximum Gasteiger partial charge on any atom is 0.342 e. The van der Waals surface area contributed by atoms with E-state index in [1.165, 1.54) is 6.07 Å². The molecule has 0 atom stereocenters. The highest BCUT2D eigenvalue weighted by Crippen LogP contribution is 2.39. The lowest BCUT2D eigenvalue weighted by Crippen LogP contribution is -2.16. The Bertz CT molecular complexity index is 1020. The van der Waals surface area contributed by atoms with E-state index in [0.29, 0.717) is 38.1 Å². The Morgan fingerprint density at radius 2 is 1.93 bits per heavy atom. The Morgan fingerprint density at radius 3 is 2.57 bits per heavy atom. The molecule has 4 nitrogen and oxygen atoms in total. The summed E-state index contributed by atoms with van der Waals surface area (Å²) in [5.41, 5.74) is 1.01. The van der Waals surface area contributed by atoms with Crippen molar-refractivity contribution in [3.63, 3.8) is 0 Å². The lowest BCUT2D eigenvalue weighted by Gasteiger charge is -2.16. The fourth-order valence-electron chi connectivity index (χ4n) is 2.91. The second-order valence-electron chi connectivity index (χ2n) is 7.44. The van der Waals surface area contributed by atoms with Gasteiger partial charge in [-0.3, -0.25) is 0 Å².